The van der Waals surface area contributed by atoms with E-state index in [2.05, 4.69) is 0 Å². The summed E-state index contributed by atoms with van der Waals surface area (Å²) in [4.78, 5) is 10.7. The summed E-state index contributed by atoms with van der Waals surface area (Å²) in [6.07, 6.45) is -0.333. The second-order valence-electron chi connectivity index (χ2n) is 3.68. The highest BCUT2D eigenvalue weighted by molar-refractivity contribution is 5.67. The molecule has 1 aromatic carbocycles. The molecule has 0 aliphatic rings. The summed E-state index contributed by atoms with van der Waals surface area (Å²) in [5, 5.41) is 8.78. The molecule has 0 bridgehead atoms. The normalized spacial score (nSPS) is 12.7. The molecule has 0 saturated heterocycles. The smallest absolute Gasteiger partial charge is 0.306 e. The number of hydrogen-bond acceptors (Lipinski definition) is 2. The Morgan fingerprint density at radius 3 is 2.40 bits per heavy atom. The topological polar surface area (TPSA) is 46.5 Å². The van der Waals surface area contributed by atoms with E-state index in [1.165, 1.54) is 0 Å². The highest BCUT2D eigenvalue weighted by Crippen LogP contribution is 2.22. The molecular weight excluding hydrogens is 192 g/mol. The molecule has 0 aliphatic heterocycles. The van der Waals surface area contributed by atoms with Crippen LogP contribution in [0.25, 0.3) is 0 Å². The van der Waals surface area contributed by atoms with Crippen molar-refractivity contribution < 1.29 is 14.6 Å². The second-order valence-corrected chi connectivity index (χ2v) is 3.68. The second kappa shape index (κ2) is 5.51. The number of aliphatic carboxylic acids is 1. The summed E-state index contributed by atoms with van der Waals surface area (Å²) in [6.45, 7) is 3.80. The van der Waals surface area contributed by atoms with Crippen LogP contribution in [-0.4, -0.2) is 17.2 Å². The molecular formula is C12H16O3. The molecule has 0 saturated carbocycles. The van der Waals surface area contributed by atoms with Crippen LogP contribution in [-0.2, 0) is 9.53 Å². The molecule has 15 heavy (non-hydrogen) atoms. The van der Waals surface area contributed by atoms with Crippen LogP contribution in [0.4, 0.5) is 0 Å². The summed E-state index contributed by atoms with van der Waals surface area (Å²) in [7, 11) is 0. The fourth-order valence-corrected chi connectivity index (χ4v) is 1.40. The molecule has 3 nitrogen and oxygen atoms in total. The fourth-order valence-electron chi connectivity index (χ4n) is 1.40. The highest BCUT2D eigenvalue weighted by Gasteiger charge is 2.16. The van der Waals surface area contributed by atoms with Gasteiger partial charge in [-0.2, -0.15) is 0 Å². The van der Waals surface area contributed by atoms with E-state index < -0.39 is 5.97 Å². The van der Waals surface area contributed by atoms with Crippen LogP contribution in [0.1, 0.15) is 31.9 Å². The summed E-state index contributed by atoms with van der Waals surface area (Å²) in [6, 6.07) is 9.43. The highest BCUT2D eigenvalue weighted by atomic mass is 16.5. The monoisotopic (exact) mass is 208 g/mol. The van der Waals surface area contributed by atoms with Crippen molar-refractivity contribution >= 4 is 5.97 Å². The van der Waals surface area contributed by atoms with Gasteiger partial charge in [-0.15, -0.1) is 0 Å². The van der Waals surface area contributed by atoms with Gasteiger partial charge in [0.1, 0.15) is 0 Å². The van der Waals surface area contributed by atoms with Gasteiger partial charge in [0.15, 0.2) is 0 Å². The Bertz CT molecular complexity index is 306. The quantitative estimate of drug-likeness (QED) is 0.809. The van der Waals surface area contributed by atoms with Crippen molar-refractivity contribution in [3.05, 3.63) is 35.9 Å². The maximum atomic E-state index is 10.7. The molecule has 1 aromatic rings. The number of ether oxygens (including phenoxy) is 1. The third kappa shape index (κ3) is 4.13. The molecule has 1 unspecified atom stereocenters. The average molecular weight is 208 g/mol. The zero-order chi connectivity index (χ0) is 11.3. The van der Waals surface area contributed by atoms with Gasteiger partial charge in [-0.25, -0.2) is 0 Å². The zero-order valence-electron chi connectivity index (χ0n) is 9.01. The Kier molecular flexibility index (Phi) is 4.31. The Labute approximate surface area is 89.7 Å². The Morgan fingerprint density at radius 1 is 1.33 bits per heavy atom. The lowest BCUT2D eigenvalue weighted by atomic mass is 10.1. The van der Waals surface area contributed by atoms with E-state index in [-0.39, 0.29) is 18.6 Å². The molecule has 0 aromatic heterocycles. The Morgan fingerprint density at radius 2 is 1.93 bits per heavy atom. The van der Waals surface area contributed by atoms with Crippen molar-refractivity contribution in [3.8, 4) is 0 Å². The molecule has 0 radical (unpaired) electrons. The predicted octanol–water partition coefficient (Wildman–Crippen LogP) is 2.63. The molecule has 0 amide bonds. The van der Waals surface area contributed by atoms with Gasteiger partial charge in [0, 0.05) is 0 Å². The van der Waals surface area contributed by atoms with Gasteiger partial charge in [0.25, 0.3) is 0 Å². The lowest BCUT2D eigenvalue weighted by Crippen LogP contribution is -2.14. The maximum Gasteiger partial charge on any atom is 0.306 e. The molecule has 0 aliphatic carbocycles. The van der Waals surface area contributed by atoms with Crippen LogP contribution in [0.2, 0.25) is 0 Å². The van der Waals surface area contributed by atoms with Crippen LogP contribution in [0.3, 0.4) is 0 Å². The first kappa shape index (κ1) is 11.7. The number of benzene rings is 1. The van der Waals surface area contributed by atoms with Crippen LogP contribution in [0.5, 0.6) is 0 Å². The van der Waals surface area contributed by atoms with Gasteiger partial charge >= 0.3 is 5.97 Å². The first-order valence-corrected chi connectivity index (χ1v) is 5.01. The van der Waals surface area contributed by atoms with E-state index in [4.69, 9.17) is 9.84 Å². The van der Waals surface area contributed by atoms with E-state index in [0.29, 0.717) is 0 Å². The molecule has 1 atom stereocenters. The molecule has 3 heteroatoms. The van der Waals surface area contributed by atoms with E-state index in [9.17, 15) is 4.79 Å². The molecule has 0 fully saturated rings. The van der Waals surface area contributed by atoms with Crippen LogP contribution < -0.4 is 0 Å². The average Bonchev–Trinajstić information content (AvgIpc) is 2.17. The molecule has 1 rings (SSSR count). The molecule has 0 heterocycles. The minimum absolute atomic E-state index is 0.00218. The number of carboxylic acids is 1. The van der Waals surface area contributed by atoms with Crippen molar-refractivity contribution in [1.29, 1.82) is 0 Å². The number of hydrogen-bond donors (Lipinski definition) is 1. The number of rotatable bonds is 5. The van der Waals surface area contributed by atoms with Crippen molar-refractivity contribution in [1.82, 2.24) is 0 Å². The largest absolute Gasteiger partial charge is 0.481 e. The number of carbonyl (C=O) groups is 1. The lowest BCUT2D eigenvalue weighted by Gasteiger charge is -2.19. The fraction of sp³-hybridized carbons (Fsp3) is 0.417. The third-order valence-electron chi connectivity index (χ3n) is 1.97. The Balaban J connectivity index is 2.76. The van der Waals surface area contributed by atoms with Gasteiger partial charge in [-0.3, -0.25) is 4.79 Å². The summed E-state index contributed by atoms with van der Waals surface area (Å²) < 4.78 is 5.57. The summed E-state index contributed by atoms with van der Waals surface area (Å²) >= 11 is 0. The minimum atomic E-state index is -0.843. The van der Waals surface area contributed by atoms with Gasteiger partial charge in [-0.05, 0) is 19.4 Å². The third-order valence-corrected chi connectivity index (χ3v) is 1.97. The van der Waals surface area contributed by atoms with Crippen LogP contribution >= 0.6 is 0 Å². The standard InChI is InChI=1S/C12H16O3/c1-9(2)15-11(8-12(13)14)10-6-4-3-5-7-10/h3-7,9,11H,8H2,1-2H3,(H,13,14). The van der Waals surface area contributed by atoms with E-state index in [0.717, 1.165) is 5.56 Å². The first-order chi connectivity index (χ1) is 7.09. The van der Waals surface area contributed by atoms with Crippen molar-refractivity contribution in [2.45, 2.75) is 32.5 Å². The van der Waals surface area contributed by atoms with Gasteiger partial charge in [-0.1, -0.05) is 30.3 Å². The van der Waals surface area contributed by atoms with Gasteiger partial charge in [0.05, 0.1) is 18.6 Å². The number of carboxylic acid groups (broad SMARTS) is 1. The van der Waals surface area contributed by atoms with Gasteiger partial charge < -0.3 is 9.84 Å². The van der Waals surface area contributed by atoms with Crippen LogP contribution in [0.15, 0.2) is 30.3 Å². The first-order valence-electron chi connectivity index (χ1n) is 5.01. The minimum Gasteiger partial charge on any atom is -0.481 e. The van der Waals surface area contributed by atoms with Crippen molar-refractivity contribution in [2.24, 2.45) is 0 Å². The van der Waals surface area contributed by atoms with E-state index >= 15 is 0 Å². The zero-order valence-corrected chi connectivity index (χ0v) is 9.01. The van der Waals surface area contributed by atoms with E-state index in [1.807, 2.05) is 44.2 Å². The predicted molar refractivity (Wildman–Crippen MR) is 57.7 cm³/mol. The van der Waals surface area contributed by atoms with Gasteiger partial charge in [0.2, 0.25) is 0 Å². The molecule has 1 N–H and O–H groups in total. The lowest BCUT2D eigenvalue weighted by molar-refractivity contribution is -0.141. The maximum absolute atomic E-state index is 10.7. The molecule has 82 valence electrons. The Hall–Kier alpha value is -1.35. The van der Waals surface area contributed by atoms with Crippen LogP contribution in [0, 0.1) is 0 Å². The SMILES string of the molecule is CC(C)OC(CC(=O)O)c1ccccc1. The van der Waals surface area contributed by atoms with Crippen molar-refractivity contribution in [2.75, 3.05) is 0 Å². The van der Waals surface area contributed by atoms with Crippen molar-refractivity contribution in [3.63, 3.8) is 0 Å². The van der Waals surface area contributed by atoms with E-state index in [1.54, 1.807) is 0 Å². The molecule has 0 spiro atoms. The summed E-state index contributed by atoms with van der Waals surface area (Å²) in [5.74, 6) is -0.843. The summed E-state index contributed by atoms with van der Waals surface area (Å²) in [5.41, 5.74) is 0.911.